The minimum Gasteiger partial charge on any atom is -0.569 e. The molecule has 0 aliphatic heterocycles. The quantitative estimate of drug-likeness (QED) is 0.250. The van der Waals surface area contributed by atoms with Crippen LogP contribution in [0.25, 0.3) is 0 Å². The topological polar surface area (TPSA) is 114 Å². The van der Waals surface area contributed by atoms with Gasteiger partial charge in [-0.2, -0.15) is 0 Å². The number of rotatable bonds is 6. The number of hydrogen-bond donors (Lipinski definition) is 1. The number of carboxylic acid groups (broad SMARTS) is 1. The first-order valence-corrected chi connectivity index (χ1v) is 5.52. The summed E-state index contributed by atoms with van der Waals surface area (Å²) in [5, 5.41) is 23.5. The standard InChI is InChI=1S/C10H19N3O6/c1-7(18-9(16)10(2,3)4)19-11-13(17)12(5)6-8(14)15/h7H,6H2,1-5H3,(H,14,15). The van der Waals surface area contributed by atoms with E-state index in [-0.39, 0.29) is 4.97 Å². The monoisotopic (exact) mass is 277 g/mol. The van der Waals surface area contributed by atoms with Gasteiger partial charge in [-0.1, -0.05) is 0 Å². The van der Waals surface area contributed by atoms with E-state index in [1.807, 2.05) is 0 Å². The smallest absolute Gasteiger partial charge is 0.329 e. The van der Waals surface area contributed by atoms with Crippen molar-refractivity contribution < 1.29 is 29.2 Å². The Morgan fingerprint density at radius 2 is 2.00 bits per heavy atom. The van der Waals surface area contributed by atoms with Crippen molar-refractivity contribution in [2.24, 2.45) is 10.7 Å². The van der Waals surface area contributed by atoms with Crippen molar-refractivity contribution in [3.8, 4) is 0 Å². The van der Waals surface area contributed by atoms with E-state index in [2.05, 4.69) is 10.1 Å². The summed E-state index contributed by atoms with van der Waals surface area (Å²) >= 11 is 0. The van der Waals surface area contributed by atoms with Crippen LogP contribution in [0, 0.1) is 10.6 Å². The highest BCUT2D eigenvalue weighted by Gasteiger charge is 2.26. The number of aliphatic carboxylic acids is 1. The molecule has 0 saturated carbocycles. The van der Waals surface area contributed by atoms with Crippen LogP contribution in [-0.4, -0.2) is 46.9 Å². The number of carboxylic acids is 1. The Hall–Kier alpha value is -2.06. The van der Waals surface area contributed by atoms with Crippen molar-refractivity contribution in [1.29, 1.82) is 0 Å². The van der Waals surface area contributed by atoms with Gasteiger partial charge in [0.1, 0.15) is 0 Å². The SMILES string of the molecule is CC(ON=[N+]([O-])N(C)CC(=O)O)OC(=O)C(C)(C)C. The molecule has 0 heterocycles. The van der Waals surface area contributed by atoms with Crippen LogP contribution in [-0.2, 0) is 19.2 Å². The second kappa shape index (κ2) is 6.76. The molecule has 0 amide bonds. The summed E-state index contributed by atoms with van der Waals surface area (Å²) in [6.45, 7) is 5.85. The fourth-order valence-electron chi connectivity index (χ4n) is 0.774. The summed E-state index contributed by atoms with van der Waals surface area (Å²) < 4.78 is 4.87. The van der Waals surface area contributed by atoms with Gasteiger partial charge in [-0.15, -0.1) is 5.01 Å². The van der Waals surface area contributed by atoms with Crippen molar-refractivity contribution in [2.45, 2.75) is 34.0 Å². The Kier molecular flexibility index (Phi) is 6.03. The molecule has 9 nitrogen and oxygen atoms in total. The van der Waals surface area contributed by atoms with Crippen molar-refractivity contribution in [2.75, 3.05) is 13.6 Å². The van der Waals surface area contributed by atoms with Gasteiger partial charge in [-0.3, -0.25) is 14.4 Å². The third-order valence-corrected chi connectivity index (χ3v) is 1.81. The number of ether oxygens (including phenoxy) is 1. The van der Waals surface area contributed by atoms with Gasteiger partial charge in [-0.25, -0.2) is 0 Å². The van der Waals surface area contributed by atoms with Crippen LogP contribution < -0.4 is 0 Å². The molecule has 1 N–H and O–H groups in total. The molecule has 0 saturated heterocycles. The van der Waals surface area contributed by atoms with Gasteiger partial charge >= 0.3 is 11.9 Å². The van der Waals surface area contributed by atoms with E-state index in [1.165, 1.54) is 14.0 Å². The normalized spacial score (nSPS) is 13.6. The fraction of sp³-hybridized carbons (Fsp3) is 0.800. The maximum Gasteiger partial charge on any atom is 0.329 e. The number of carbonyl (C=O) groups is 2. The molecule has 0 aromatic rings. The van der Waals surface area contributed by atoms with Crippen LogP contribution in [0.4, 0.5) is 0 Å². The predicted octanol–water partition coefficient (Wildman–Crippen LogP) is 0.747. The molecular formula is C10H19N3O6. The lowest BCUT2D eigenvalue weighted by atomic mass is 9.97. The zero-order valence-corrected chi connectivity index (χ0v) is 11.6. The first kappa shape index (κ1) is 16.9. The molecule has 9 heteroatoms. The fourth-order valence-corrected chi connectivity index (χ4v) is 0.774. The molecule has 19 heavy (non-hydrogen) atoms. The molecule has 0 bridgehead atoms. The molecular weight excluding hydrogens is 258 g/mol. The highest BCUT2D eigenvalue weighted by atomic mass is 16.8. The lowest BCUT2D eigenvalue weighted by Gasteiger charge is -2.18. The van der Waals surface area contributed by atoms with Gasteiger partial charge in [0.05, 0.1) is 17.4 Å². The summed E-state index contributed by atoms with van der Waals surface area (Å²) in [5.74, 6) is -1.70. The second-order valence-electron chi connectivity index (χ2n) is 4.87. The Labute approximate surface area is 110 Å². The molecule has 0 fully saturated rings. The maximum atomic E-state index is 11.5. The molecule has 1 atom stereocenters. The van der Waals surface area contributed by atoms with Gasteiger partial charge in [0.25, 0.3) is 6.29 Å². The number of nitrogens with zero attached hydrogens (tertiary/aromatic N) is 3. The predicted molar refractivity (Wildman–Crippen MR) is 62.4 cm³/mol. The molecule has 0 aliphatic rings. The van der Waals surface area contributed by atoms with Crippen molar-refractivity contribution in [3.63, 3.8) is 0 Å². The van der Waals surface area contributed by atoms with E-state index in [0.29, 0.717) is 0 Å². The van der Waals surface area contributed by atoms with Crippen LogP contribution in [0.5, 0.6) is 0 Å². The average Bonchev–Trinajstić information content (AvgIpc) is 2.23. The second-order valence-corrected chi connectivity index (χ2v) is 4.87. The zero-order valence-electron chi connectivity index (χ0n) is 11.6. The largest absolute Gasteiger partial charge is 0.569 e. The molecule has 0 spiro atoms. The van der Waals surface area contributed by atoms with E-state index >= 15 is 0 Å². The third kappa shape index (κ3) is 7.06. The van der Waals surface area contributed by atoms with Crippen molar-refractivity contribution in [3.05, 3.63) is 5.21 Å². The summed E-state index contributed by atoms with van der Waals surface area (Å²) in [6.07, 6.45) is -1.05. The summed E-state index contributed by atoms with van der Waals surface area (Å²) in [4.78, 5) is 26.4. The molecule has 110 valence electrons. The summed E-state index contributed by atoms with van der Waals surface area (Å²) in [5.41, 5.74) is -0.700. The molecule has 0 aromatic heterocycles. The van der Waals surface area contributed by atoms with Crippen LogP contribution >= 0.6 is 0 Å². The van der Waals surface area contributed by atoms with E-state index in [0.717, 1.165) is 5.01 Å². The van der Waals surface area contributed by atoms with E-state index < -0.39 is 30.2 Å². The minimum atomic E-state index is -1.19. The van der Waals surface area contributed by atoms with Gasteiger partial charge in [0.2, 0.25) is 5.28 Å². The molecule has 0 aliphatic carbocycles. The van der Waals surface area contributed by atoms with Crippen molar-refractivity contribution >= 4 is 11.9 Å². The molecule has 0 radical (unpaired) electrons. The highest BCUT2D eigenvalue weighted by Crippen LogP contribution is 2.16. The van der Waals surface area contributed by atoms with E-state index in [4.69, 9.17) is 9.84 Å². The lowest BCUT2D eigenvalue weighted by molar-refractivity contribution is -0.705. The maximum absolute atomic E-state index is 11.5. The Morgan fingerprint density at radius 1 is 1.47 bits per heavy atom. The molecule has 0 aromatic carbocycles. The average molecular weight is 277 g/mol. The highest BCUT2D eigenvalue weighted by molar-refractivity contribution is 5.75. The van der Waals surface area contributed by atoms with Crippen LogP contribution in [0.15, 0.2) is 5.28 Å². The summed E-state index contributed by atoms with van der Waals surface area (Å²) in [7, 11) is 1.22. The van der Waals surface area contributed by atoms with E-state index in [1.54, 1.807) is 20.8 Å². The Bertz CT molecular complexity index is 363. The van der Waals surface area contributed by atoms with Crippen molar-refractivity contribution in [1.82, 2.24) is 5.01 Å². The number of hydrazine groups is 1. The lowest BCUT2D eigenvalue weighted by Crippen LogP contribution is -2.32. The van der Waals surface area contributed by atoms with Gasteiger partial charge in [0, 0.05) is 6.92 Å². The molecule has 0 rings (SSSR count). The first-order valence-electron chi connectivity index (χ1n) is 5.52. The number of carbonyl (C=O) groups excluding carboxylic acids is 1. The Morgan fingerprint density at radius 3 is 2.42 bits per heavy atom. The third-order valence-electron chi connectivity index (χ3n) is 1.81. The Balaban J connectivity index is 4.31. The summed E-state index contributed by atoms with van der Waals surface area (Å²) in [6, 6.07) is 0. The zero-order chi connectivity index (χ0) is 15.2. The number of hydrogen-bond acceptors (Lipinski definition) is 6. The van der Waals surface area contributed by atoms with Crippen LogP contribution in [0.1, 0.15) is 27.7 Å². The van der Waals surface area contributed by atoms with Gasteiger partial charge < -0.3 is 15.1 Å². The van der Waals surface area contributed by atoms with Gasteiger partial charge in [0.15, 0.2) is 6.54 Å². The first-order chi connectivity index (χ1) is 8.54. The molecule has 1 unspecified atom stereocenters. The number of likely N-dealkylation sites (N-methyl/N-ethyl adjacent to an activating group) is 1. The minimum absolute atomic E-state index is 0.0461. The van der Waals surface area contributed by atoms with E-state index in [9.17, 15) is 14.8 Å². The number of esters is 1. The van der Waals surface area contributed by atoms with Crippen LogP contribution in [0.2, 0.25) is 0 Å². The van der Waals surface area contributed by atoms with Gasteiger partial charge in [-0.05, 0) is 20.8 Å². The van der Waals surface area contributed by atoms with Crippen LogP contribution in [0.3, 0.4) is 0 Å².